The van der Waals surface area contributed by atoms with Gasteiger partial charge in [-0.05, 0) is 184 Å². The highest BCUT2D eigenvalue weighted by Gasteiger charge is 2.15. The molecule has 4 aliphatic rings. The third-order valence-electron chi connectivity index (χ3n) is 13.8. The van der Waals surface area contributed by atoms with Crippen LogP contribution in [-0.2, 0) is 19.2 Å². The summed E-state index contributed by atoms with van der Waals surface area (Å²) in [6, 6.07) is 0. The third kappa shape index (κ3) is 29.9. The molecule has 0 radical (unpaired) electrons. The van der Waals surface area contributed by atoms with E-state index in [1.54, 1.807) is 0 Å². The van der Waals surface area contributed by atoms with Gasteiger partial charge in [0.15, 0.2) is 0 Å². The van der Waals surface area contributed by atoms with E-state index < -0.39 is 0 Å². The van der Waals surface area contributed by atoms with Gasteiger partial charge in [-0.3, -0.25) is 19.2 Å². The van der Waals surface area contributed by atoms with Crippen LogP contribution >= 0.6 is 0 Å². The number of hydrogen-bond donors (Lipinski definition) is 0. The van der Waals surface area contributed by atoms with Gasteiger partial charge in [0.05, 0.1) is 0 Å². The fourth-order valence-corrected chi connectivity index (χ4v) is 8.20. The summed E-state index contributed by atoms with van der Waals surface area (Å²) in [5.41, 5.74) is 11.4. The number of carbonyl (C=O) groups excluding carboxylic acids is 4. The molecule has 0 amide bonds. The predicted octanol–water partition coefficient (Wildman–Crippen LogP) is 17.8. The number of ketones is 4. The van der Waals surface area contributed by atoms with E-state index in [0.29, 0.717) is 23.1 Å². The quantitative estimate of drug-likeness (QED) is 0.227. The van der Waals surface area contributed by atoms with Gasteiger partial charge in [0, 0.05) is 49.4 Å². The van der Waals surface area contributed by atoms with Crippen molar-refractivity contribution in [2.75, 3.05) is 0 Å². The Labute approximate surface area is 394 Å². The number of allylic oxidation sites excluding steroid dienone is 16. The van der Waals surface area contributed by atoms with Crippen LogP contribution in [0.1, 0.15) is 237 Å². The predicted molar refractivity (Wildman–Crippen MR) is 278 cm³/mol. The molecular formula is C60H96O4. The summed E-state index contributed by atoms with van der Waals surface area (Å²) in [4.78, 5) is 47.2. The summed E-state index contributed by atoms with van der Waals surface area (Å²) < 4.78 is 0. The molecule has 0 aliphatic heterocycles. The fourth-order valence-electron chi connectivity index (χ4n) is 8.20. The molecule has 0 N–H and O–H groups in total. The first kappa shape index (κ1) is 58.6. The van der Waals surface area contributed by atoms with Crippen molar-refractivity contribution in [1.82, 2.24) is 0 Å². The average Bonchev–Trinajstić information content (AvgIpc) is 3.25. The Hall–Kier alpha value is -3.40. The van der Waals surface area contributed by atoms with Crippen molar-refractivity contribution in [2.45, 2.75) is 237 Å². The average molecular weight is 881 g/mol. The SMILES string of the molecule is C/C1=C/CC/C=C(/C)CCC(C)C(=O)CC1.C/C1=C/CCC(=O)C(C)CC/C(C)=C\CC1.C/C1=C/CCC(=O)C(C)CC/C=C(/C)CC1.C/C1=C/CCC(C)C(=O)CC/C(C)=C\CC1. The molecule has 0 bridgehead atoms. The van der Waals surface area contributed by atoms with Crippen LogP contribution in [0.25, 0.3) is 0 Å². The Bertz CT molecular complexity index is 1680. The second-order valence-corrected chi connectivity index (χ2v) is 20.3. The molecule has 0 fully saturated rings. The maximum Gasteiger partial charge on any atom is 0.136 e. The Kier molecular flexibility index (Phi) is 31.9. The van der Waals surface area contributed by atoms with Gasteiger partial charge in [-0.2, -0.15) is 0 Å². The highest BCUT2D eigenvalue weighted by Crippen LogP contribution is 2.22. The summed E-state index contributed by atoms with van der Waals surface area (Å²) >= 11 is 0. The lowest BCUT2D eigenvalue weighted by Gasteiger charge is -2.12. The normalized spacial score (nSPS) is 31.7. The minimum absolute atomic E-state index is 0.232. The standard InChI is InChI=1S/4C15H24O/c1-12-6-4-8-14(3)15(16)9-5-7-13(2)11-10-12;1-12-6-4-7-13(2)10-11-14(3)15(16)9-5-8-12;1-12-6-4-7-13(2)10-11-15(16)14(3)9-5-8-12;1-12-6-4-5-7-13(2)9-11-15(16)14(3)10-8-12/h6-7,14H,4-5,8-11H2,1-3H3;2*7-8,14H,4-6,9-11H2,1-3H3;6-7,14H,4-5,8-11H2,1-3H3/b12-6-,13-7-;2*12-8-,13-7-;12-6-,13-7-. The van der Waals surface area contributed by atoms with Gasteiger partial charge in [0.25, 0.3) is 0 Å². The summed E-state index contributed by atoms with van der Waals surface area (Å²) in [5.74, 6) is 2.65. The monoisotopic (exact) mass is 881 g/mol. The lowest BCUT2D eigenvalue weighted by molar-refractivity contribution is -0.123. The maximum absolute atomic E-state index is 11.8. The van der Waals surface area contributed by atoms with Crippen molar-refractivity contribution in [3.8, 4) is 0 Å². The van der Waals surface area contributed by atoms with Gasteiger partial charge < -0.3 is 0 Å². The molecule has 4 nitrogen and oxygen atoms in total. The Morgan fingerprint density at radius 2 is 0.469 bits per heavy atom. The summed E-state index contributed by atoms with van der Waals surface area (Å²) in [7, 11) is 0. The number of hydrogen-bond acceptors (Lipinski definition) is 4. The summed E-state index contributed by atoms with van der Waals surface area (Å²) in [5, 5.41) is 0. The van der Waals surface area contributed by atoms with Crippen molar-refractivity contribution in [2.24, 2.45) is 23.7 Å². The van der Waals surface area contributed by atoms with Gasteiger partial charge >= 0.3 is 0 Å². The van der Waals surface area contributed by atoms with Crippen LogP contribution in [0.2, 0.25) is 0 Å². The second-order valence-electron chi connectivity index (χ2n) is 20.3. The van der Waals surface area contributed by atoms with Crippen molar-refractivity contribution in [3.63, 3.8) is 0 Å². The molecule has 0 aromatic carbocycles. The Balaban J connectivity index is 0.000000427. The van der Waals surface area contributed by atoms with Crippen molar-refractivity contribution < 1.29 is 19.2 Å². The first-order valence-corrected chi connectivity index (χ1v) is 25.7. The van der Waals surface area contributed by atoms with Crippen LogP contribution in [0, 0.1) is 23.7 Å². The third-order valence-corrected chi connectivity index (χ3v) is 13.8. The van der Waals surface area contributed by atoms with Gasteiger partial charge in [0.1, 0.15) is 23.1 Å². The Morgan fingerprint density at radius 3 is 0.812 bits per heavy atom. The lowest BCUT2D eigenvalue weighted by Crippen LogP contribution is -2.11. The lowest BCUT2D eigenvalue weighted by atomic mass is 9.93. The zero-order valence-electron chi connectivity index (χ0n) is 43.5. The molecule has 360 valence electrons. The first-order chi connectivity index (χ1) is 30.4. The maximum atomic E-state index is 11.8. The molecule has 4 rings (SSSR count). The molecule has 4 heteroatoms. The molecular weight excluding hydrogens is 785 g/mol. The number of rotatable bonds is 0. The van der Waals surface area contributed by atoms with Crippen molar-refractivity contribution in [1.29, 1.82) is 0 Å². The minimum atomic E-state index is 0.232. The van der Waals surface area contributed by atoms with Crippen LogP contribution in [-0.4, -0.2) is 23.1 Å². The largest absolute Gasteiger partial charge is 0.299 e. The second kappa shape index (κ2) is 34.9. The van der Waals surface area contributed by atoms with Gasteiger partial charge in [-0.1, -0.05) is 121 Å². The molecule has 0 saturated heterocycles. The zero-order chi connectivity index (χ0) is 47.9. The van der Waals surface area contributed by atoms with Crippen LogP contribution in [0.5, 0.6) is 0 Å². The highest BCUT2D eigenvalue weighted by molar-refractivity contribution is 5.82. The molecule has 64 heavy (non-hydrogen) atoms. The van der Waals surface area contributed by atoms with Crippen molar-refractivity contribution >= 4 is 23.1 Å². The van der Waals surface area contributed by atoms with E-state index in [2.05, 4.69) is 132 Å². The molecule has 4 unspecified atom stereocenters. The number of Topliss-reactive ketones (excluding diaryl/α,β-unsaturated/α-hetero) is 4. The highest BCUT2D eigenvalue weighted by atomic mass is 16.1. The molecule has 0 saturated carbocycles. The molecule has 0 heterocycles. The first-order valence-electron chi connectivity index (χ1n) is 25.7. The summed E-state index contributed by atoms with van der Waals surface area (Å²) in [6.07, 6.45) is 42.4. The van der Waals surface area contributed by atoms with Crippen LogP contribution < -0.4 is 0 Å². The van der Waals surface area contributed by atoms with E-state index >= 15 is 0 Å². The van der Waals surface area contributed by atoms with E-state index in [-0.39, 0.29) is 23.7 Å². The van der Waals surface area contributed by atoms with E-state index in [9.17, 15) is 19.2 Å². The van der Waals surface area contributed by atoms with Gasteiger partial charge in [0.2, 0.25) is 0 Å². The molecule has 4 aliphatic carbocycles. The van der Waals surface area contributed by atoms with Gasteiger partial charge in [-0.25, -0.2) is 0 Å². The van der Waals surface area contributed by atoms with E-state index in [4.69, 9.17) is 0 Å². The minimum Gasteiger partial charge on any atom is -0.299 e. The smallest absolute Gasteiger partial charge is 0.136 e. The molecule has 0 aromatic rings. The fraction of sp³-hybridized carbons (Fsp3) is 0.667. The zero-order valence-corrected chi connectivity index (χ0v) is 43.5. The van der Waals surface area contributed by atoms with Crippen LogP contribution in [0.3, 0.4) is 0 Å². The van der Waals surface area contributed by atoms with E-state index in [1.165, 1.54) is 57.4 Å². The van der Waals surface area contributed by atoms with Crippen LogP contribution in [0.4, 0.5) is 0 Å². The Morgan fingerprint density at radius 1 is 0.250 bits per heavy atom. The molecule has 4 atom stereocenters. The van der Waals surface area contributed by atoms with Gasteiger partial charge in [-0.15, -0.1) is 0 Å². The molecule has 0 spiro atoms. The van der Waals surface area contributed by atoms with Crippen molar-refractivity contribution in [3.05, 3.63) is 93.2 Å². The van der Waals surface area contributed by atoms with E-state index in [0.717, 1.165) is 141 Å². The van der Waals surface area contributed by atoms with Crippen LogP contribution in [0.15, 0.2) is 93.2 Å². The topological polar surface area (TPSA) is 68.3 Å². The van der Waals surface area contributed by atoms with E-state index in [1.807, 2.05) is 0 Å². The molecule has 0 aromatic heterocycles. The summed E-state index contributed by atoms with van der Waals surface area (Å²) in [6.45, 7) is 25.6. The number of carbonyl (C=O) groups is 4.